The summed E-state index contributed by atoms with van der Waals surface area (Å²) in [7, 11) is -1.56. The fourth-order valence-corrected chi connectivity index (χ4v) is 5.19. The Kier molecular flexibility index (Phi) is 4.32. The lowest BCUT2D eigenvalue weighted by Crippen LogP contribution is -2.37. The van der Waals surface area contributed by atoms with E-state index < -0.39 is 10.0 Å². The second-order valence-electron chi connectivity index (χ2n) is 5.96. The summed E-state index contributed by atoms with van der Waals surface area (Å²) in [5.41, 5.74) is 0.825. The summed E-state index contributed by atoms with van der Waals surface area (Å²) in [6.07, 6.45) is 5.08. The van der Waals surface area contributed by atoms with Gasteiger partial charge in [-0.15, -0.1) is 11.6 Å². The zero-order valence-electron chi connectivity index (χ0n) is 12.3. The molecule has 2 aliphatic rings. The summed E-state index contributed by atoms with van der Waals surface area (Å²) >= 11 is 5.83. The van der Waals surface area contributed by atoms with Gasteiger partial charge in [0.2, 0.25) is 10.0 Å². The van der Waals surface area contributed by atoms with Crippen LogP contribution in [-0.2, 0) is 23.0 Å². The SMILES string of the molecule is Cn1cc(S(=O)(=O)N2CCC(N3CCCC3)C2)cc1CCl. The highest BCUT2D eigenvalue weighted by Gasteiger charge is 2.36. The molecular weight excluding hydrogens is 310 g/mol. The Balaban J connectivity index is 1.76. The van der Waals surface area contributed by atoms with Gasteiger partial charge in [-0.25, -0.2) is 8.42 Å². The molecule has 1 atom stereocenters. The molecule has 5 nitrogen and oxygen atoms in total. The van der Waals surface area contributed by atoms with Crippen LogP contribution in [0.1, 0.15) is 25.0 Å². The molecule has 0 aliphatic carbocycles. The fraction of sp³-hybridized carbons (Fsp3) is 0.714. The zero-order valence-corrected chi connectivity index (χ0v) is 13.9. The lowest BCUT2D eigenvalue weighted by atomic mass is 10.2. The summed E-state index contributed by atoms with van der Waals surface area (Å²) in [6, 6.07) is 2.07. The zero-order chi connectivity index (χ0) is 15.0. The summed E-state index contributed by atoms with van der Waals surface area (Å²) in [5, 5.41) is 0. The van der Waals surface area contributed by atoms with Crippen molar-refractivity contribution >= 4 is 21.6 Å². The molecule has 1 aromatic heterocycles. The van der Waals surface area contributed by atoms with Gasteiger partial charge in [0.05, 0.1) is 5.88 Å². The van der Waals surface area contributed by atoms with Crippen molar-refractivity contribution in [2.75, 3.05) is 26.2 Å². The summed E-state index contributed by atoms with van der Waals surface area (Å²) in [4.78, 5) is 2.80. The largest absolute Gasteiger partial charge is 0.352 e. The van der Waals surface area contributed by atoms with E-state index in [2.05, 4.69) is 4.90 Å². The van der Waals surface area contributed by atoms with Gasteiger partial charge in [0.1, 0.15) is 4.90 Å². The first kappa shape index (κ1) is 15.3. The van der Waals surface area contributed by atoms with Crippen LogP contribution < -0.4 is 0 Å². The van der Waals surface area contributed by atoms with Gasteiger partial charge in [0.15, 0.2) is 0 Å². The number of aromatic nitrogens is 1. The molecule has 2 saturated heterocycles. The number of halogens is 1. The van der Waals surface area contributed by atoms with Crippen LogP contribution >= 0.6 is 11.6 Å². The second-order valence-corrected chi connectivity index (χ2v) is 8.17. The maximum Gasteiger partial charge on any atom is 0.244 e. The highest BCUT2D eigenvalue weighted by Crippen LogP contribution is 2.26. The first-order valence-electron chi connectivity index (χ1n) is 7.48. The monoisotopic (exact) mass is 331 g/mol. The predicted molar refractivity (Wildman–Crippen MR) is 82.9 cm³/mol. The predicted octanol–water partition coefficient (Wildman–Crippen LogP) is 1.62. The minimum Gasteiger partial charge on any atom is -0.352 e. The average molecular weight is 332 g/mol. The molecule has 0 radical (unpaired) electrons. The third kappa shape index (κ3) is 2.86. The lowest BCUT2D eigenvalue weighted by molar-refractivity contribution is 0.251. The van der Waals surface area contributed by atoms with Crippen LogP contribution in [-0.4, -0.2) is 54.4 Å². The van der Waals surface area contributed by atoms with E-state index >= 15 is 0 Å². The van der Waals surface area contributed by atoms with Gasteiger partial charge in [0, 0.05) is 38.1 Å². The normalized spacial score (nSPS) is 25.0. The molecule has 2 fully saturated rings. The van der Waals surface area contributed by atoms with Crippen molar-refractivity contribution in [1.82, 2.24) is 13.8 Å². The molecule has 0 amide bonds. The van der Waals surface area contributed by atoms with Gasteiger partial charge < -0.3 is 4.57 Å². The molecule has 0 saturated carbocycles. The van der Waals surface area contributed by atoms with Gasteiger partial charge in [0.25, 0.3) is 0 Å². The highest BCUT2D eigenvalue weighted by molar-refractivity contribution is 7.89. The van der Waals surface area contributed by atoms with Gasteiger partial charge in [-0.3, -0.25) is 4.90 Å². The van der Waals surface area contributed by atoms with Gasteiger partial charge in [-0.1, -0.05) is 0 Å². The number of hydrogen-bond acceptors (Lipinski definition) is 3. The van der Waals surface area contributed by atoms with Crippen LogP contribution in [0.4, 0.5) is 0 Å². The maximum atomic E-state index is 12.7. The van der Waals surface area contributed by atoms with Crippen molar-refractivity contribution in [2.45, 2.75) is 36.1 Å². The van der Waals surface area contributed by atoms with E-state index in [9.17, 15) is 8.42 Å². The Hall–Kier alpha value is -0.560. The molecule has 7 heteroatoms. The molecule has 0 spiro atoms. The van der Waals surface area contributed by atoms with Crippen molar-refractivity contribution in [3.05, 3.63) is 18.0 Å². The molecule has 1 aromatic rings. The van der Waals surface area contributed by atoms with Crippen molar-refractivity contribution < 1.29 is 8.42 Å². The number of alkyl halides is 1. The number of hydrogen-bond donors (Lipinski definition) is 0. The number of sulfonamides is 1. The molecule has 21 heavy (non-hydrogen) atoms. The van der Waals surface area contributed by atoms with Crippen molar-refractivity contribution in [2.24, 2.45) is 7.05 Å². The molecule has 3 heterocycles. The molecule has 0 N–H and O–H groups in total. The van der Waals surface area contributed by atoms with E-state index in [-0.39, 0.29) is 0 Å². The lowest BCUT2D eigenvalue weighted by Gasteiger charge is -2.23. The van der Waals surface area contributed by atoms with Crippen molar-refractivity contribution in [1.29, 1.82) is 0 Å². The van der Waals surface area contributed by atoms with E-state index in [4.69, 9.17) is 11.6 Å². The Bertz CT molecular complexity index is 608. The molecule has 0 bridgehead atoms. The van der Waals surface area contributed by atoms with Crippen LogP contribution in [0, 0.1) is 0 Å². The van der Waals surface area contributed by atoms with E-state index in [1.807, 2.05) is 7.05 Å². The molecule has 0 aromatic carbocycles. The van der Waals surface area contributed by atoms with E-state index in [1.54, 1.807) is 21.1 Å². The van der Waals surface area contributed by atoms with Crippen LogP contribution in [0.25, 0.3) is 0 Å². The van der Waals surface area contributed by atoms with Crippen molar-refractivity contribution in [3.63, 3.8) is 0 Å². The first-order valence-corrected chi connectivity index (χ1v) is 9.45. The third-order valence-electron chi connectivity index (χ3n) is 4.64. The summed E-state index contributed by atoms with van der Waals surface area (Å²) in [6.45, 7) is 3.46. The third-order valence-corrected chi connectivity index (χ3v) is 6.74. The van der Waals surface area contributed by atoms with Crippen LogP contribution in [0.5, 0.6) is 0 Å². The quantitative estimate of drug-likeness (QED) is 0.788. The van der Waals surface area contributed by atoms with E-state index in [0.717, 1.165) is 25.2 Å². The second kappa shape index (κ2) is 5.91. The number of likely N-dealkylation sites (tertiary alicyclic amines) is 1. The molecular formula is C14H22ClN3O2S. The molecule has 1 unspecified atom stereocenters. The molecule has 118 valence electrons. The standard InChI is InChI=1S/C14H22ClN3O2S/c1-16-11-14(8-13(16)9-15)21(19,20)18-7-4-12(10-18)17-5-2-3-6-17/h8,11-12H,2-7,9-10H2,1H3. The maximum absolute atomic E-state index is 12.7. The Morgan fingerprint density at radius 1 is 1.29 bits per heavy atom. The Labute approximate surface area is 131 Å². The molecule has 3 rings (SSSR count). The van der Waals surface area contributed by atoms with Crippen LogP contribution in [0.3, 0.4) is 0 Å². The number of rotatable bonds is 4. The summed E-state index contributed by atoms with van der Waals surface area (Å²) in [5.74, 6) is 0.322. The van der Waals surface area contributed by atoms with Crippen LogP contribution in [0.15, 0.2) is 17.2 Å². The minimum absolute atomic E-state index is 0.322. The van der Waals surface area contributed by atoms with Gasteiger partial charge in [-0.05, 0) is 38.4 Å². The average Bonchev–Trinajstić information content (AvgIpc) is 3.18. The Morgan fingerprint density at radius 3 is 2.62 bits per heavy atom. The van der Waals surface area contributed by atoms with Crippen molar-refractivity contribution in [3.8, 4) is 0 Å². The number of nitrogens with zero attached hydrogens (tertiary/aromatic N) is 3. The highest BCUT2D eigenvalue weighted by atomic mass is 35.5. The smallest absolute Gasteiger partial charge is 0.244 e. The van der Waals surface area contributed by atoms with Gasteiger partial charge in [-0.2, -0.15) is 4.31 Å². The summed E-state index contributed by atoms with van der Waals surface area (Å²) < 4.78 is 28.9. The minimum atomic E-state index is -3.39. The van der Waals surface area contributed by atoms with E-state index in [0.29, 0.717) is 29.9 Å². The molecule has 2 aliphatic heterocycles. The Morgan fingerprint density at radius 2 is 2.00 bits per heavy atom. The first-order chi connectivity index (χ1) is 10.0. The van der Waals surface area contributed by atoms with E-state index in [1.165, 1.54) is 12.8 Å². The topological polar surface area (TPSA) is 45.6 Å². The van der Waals surface area contributed by atoms with Gasteiger partial charge >= 0.3 is 0 Å². The van der Waals surface area contributed by atoms with Crippen LogP contribution in [0.2, 0.25) is 0 Å². The fourth-order valence-electron chi connectivity index (χ4n) is 3.33. The number of aryl methyl sites for hydroxylation is 1.